The summed E-state index contributed by atoms with van der Waals surface area (Å²) < 4.78 is 2.11. The monoisotopic (exact) mass is 271 g/mol. The summed E-state index contributed by atoms with van der Waals surface area (Å²) in [7, 11) is 0. The van der Waals surface area contributed by atoms with Crippen molar-refractivity contribution >= 4 is 0 Å². The average molecular weight is 271 g/mol. The molecule has 0 fully saturated rings. The van der Waals surface area contributed by atoms with Crippen molar-refractivity contribution in [1.82, 2.24) is 15.1 Å². The largest absolute Gasteiger partial charge is 0.312 e. The molecule has 2 rings (SSSR count). The van der Waals surface area contributed by atoms with Gasteiger partial charge in [-0.05, 0) is 31.4 Å². The molecule has 0 aliphatic rings. The highest BCUT2D eigenvalue weighted by molar-refractivity contribution is 5.17. The van der Waals surface area contributed by atoms with E-state index in [-0.39, 0.29) is 0 Å². The normalized spacial score (nSPS) is 11.2. The first-order chi connectivity index (χ1) is 9.66. The first-order valence-corrected chi connectivity index (χ1v) is 7.42. The summed E-state index contributed by atoms with van der Waals surface area (Å²) in [5, 5.41) is 7.98. The van der Waals surface area contributed by atoms with E-state index in [0.717, 1.165) is 26.1 Å². The van der Waals surface area contributed by atoms with Crippen molar-refractivity contribution in [1.29, 1.82) is 0 Å². The molecule has 0 aliphatic carbocycles. The van der Waals surface area contributed by atoms with E-state index in [1.165, 1.54) is 16.8 Å². The molecule has 0 saturated heterocycles. The third kappa shape index (κ3) is 4.20. The van der Waals surface area contributed by atoms with E-state index in [9.17, 15) is 0 Å². The Hall–Kier alpha value is -1.61. The zero-order chi connectivity index (χ0) is 14.4. The maximum atomic E-state index is 4.51. The van der Waals surface area contributed by atoms with E-state index in [1.807, 2.05) is 6.20 Å². The van der Waals surface area contributed by atoms with E-state index in [0.29, 0.717) is 5.92 Å². The summed E-state index contributed by atoms with van der Waals surface area (Å²) in [4.78, 5) is 0. The van der Waals surface area contributed by atoms with E-state index in [2.05, 4.69) is 66.2 Å². The van der Waals surface area contributed by atoms with Gasteiger partial charge >= 0.3 is 0 Å². The zero-order valence-corrected chi connectivity index (χ0v) is 12.8. The van der Waals surface area contributed by atoms with Crippen molar-refractivity contribution in [3.05, 3.63) is 53.3 Å². The molecule has 1 aromatic heterocycles. The van der Waals surface area contributed by atoms with Crippen LogP contribution in [0.3, 0.4) is 0 Å². The lowest BCUT2D eigenvalue weighted by Gasteiger charge is -2.08. The van der Waals surface area contributed by atoms with Crippen molar-refractivity contribution in [2.75, 3.05) is 6.54 Å². The van der Waals surface area contributed by atoms with E-state index in [1.54, 1.807) is 0 Å². The molecule has 0 saturated carbocycles. The Morgan fingerprint density at radius 3 is 2.65 bits per heavy atom. The van der Waals surface area contributed by atoms with Gasteiger partial charge in [0.05, 0.1) is 6.20 Å². The maximum Gasteiger partial charge on any atom is 0.0537 e. The van der Waals surface area contributed by atoms with Crippen LogP contribution in [0.25, 0.3) is 0 Å². The minimum Gasteiger partial charge on any atom is -0.312 e. The number of nitrogens with one attached hydrogen (secondary N) is 1. The van der Waals surface area contributed by atoms with Gasteiger partial charge in [-0.25, -0.2) is 0 Å². The van der Waals surface area contributed by atoms with Crippen LogP contribution in [0.5, 0.6) is 0 Å². The summed E-state index contributed by atoms with van der Waals surface area (Å²) in [6, 6.07) is 10.6. The Balaban J connectivity index is 1.88. The van der Waals surface area contributed by atoms with Crippen molar-refractivity contribution in [2.24, 2.45) is 5.92 Å². The number of rotatable bonds is 7. The van der Waals surface area contributed by atoms with Crippen LogP contribution in [0, 0.1) is 12.8 Å². The first kappa shape index (κ1) is 14.8. The topological polar surface area (TPSA) is 29.9 Å². The lowest BCUT2D eigenvalue weighted by molar-refractivity contribution is 0.549. The predicted molar refractivity (Wildman–Crippen MR) is 83.7 cm³/mol. The molecule has 1 heterocycles. The van der Waals surface area contributed by atoms with Gasteiger partial charge in [0, 0.05) is 24.3 Å². The highest BCUT2D eigenvalue weighted by atomic mass is 15.3. The number of nitrogens with zero attached hydrogens (tertiary/aromatic N) is 2. The van der Waals surface area contributed by atoms with Gasteiger partial charge in [-0.1, -0.05) is 44.2 Å². The molecule has 3 heteroatoms. The van der Waals surface area contributed by atoms with Crippen LogP contribution in [0.1, 0.15) is 30.7 Å². The summed E-state index contributed by atoms with van der Waals surface area (Å²) >= 11 is 0. The fraction of sp³-hybridized carbons (Fsp3) is 0.471. The van der Waals surface area contributed by atoms with E-state index < -0.39 is 0 Å². The SMILES string of the molecule is Cc1c(CNCC(C)C)cnn1CCc1ccccc1. The first-order valence-electron chi connectivity index (χ1n) is 7.42. The van der Waals surface area contributed by atoms with Gasteiger partial charge in [0.15, 0.2) is 0 Å². The zero-order valence-electron chi connectivity index (χ0n) is 12.8. The molecule has 0 aliphatic heterocycles. The summed E-state index contributed by atoms with van der Waals surface area (Å²) in [6.07, 6.45) is 3.02. The maximum absolute atomic E-state index is 4.51. The second-order valence-corrected chi connectivity index (χ2v) is 5.74. The molecule has 0 unspecified atom stereocenters. The quantitative estimate of drug-likeness (QED) is 0.838. The third-order valence-corrected chi connectivity index (χ3v) is 3.53. The molecule has 3 nitrogen and oxygen atoms in total. The molecule has 0 spiro atoms. The number of hydrogen-bond donors (Lipinski definition) is 1. The number of aromatic nitrogens is 2. The van der Waals surface area contributed by atoms with Gasteiger partial charge in [0.25, 0.3) is 0 Å². The van der Waals surface area contributed by atoms with Crippen molar-refractivity contribution in [3.8, 4) is 0 Å². The number of aryl methyl sites for hydroxylation is 2. The van der Waals surface area contributed by atoms with Gasteiger partial charge in [-0.3, -0.25) is 4.68 Å². The molecule has 108 valence electrons. The Morgan fingerprint density at radius 1 is 1.20 bits per heavy atom. The van der Waals surface area contributed by atoms with Crippen LogP contribution in [0.2, 0.25) is 0 Å². The third-order valence-electron chi connectivity index (χ3n) is 3.53. The summed E-state index contributed by atoms with van der Waals surface area (Å²) in [6.45, 7) is 9.51. The number of hydrogen-bond acceptors (Lipinski definition) is 2. The molecule has 0 radical (unpaired) electrons. The summed E-state index contributed by atoms with van der Waals surface area (Å²) in [5.74, 6) is 0.684. The molecule has 0 amide bonds. The Kier molecular flexibility index (Phi) is 5.36. The molecule has 0 bridgehead atoms. The summed E-state index contributed by atoms with van der Waals surface area (Å²) in [5.41, 5.74) is 3.94. The fourth-order valence-corrected chi connectivity index (χ4v) is 2.26. The van der Waals surface area contributed by atoms with Gasteiger partial charge < -0.3 is 5.32 Å². The second kappa shape index (κ2) is 7.25. The lowest BCUT2D eigenvalue weighted by atomic mass is 10.1. The fourth-order valence-electron chi connectivity index (χ4n) is 2.26. The van der Waals surface area contributed by atoms with Crippen LogP contribution < -0.4 is 5.32 Å². The second-order valence-electron chi connectivity index (χ2n) is 5.74. The van der Waals surface area contributed by atoms with E-state index in [4.69, 9.17) is 0 Å². The molecule has 1 N–H and O–H groups in total. The lowest BCUT2D eigenvalue weighted by Crippen LogP contribution is -2.19. The Labute approximate surface area is 122 Å². The van der Waals surface area contributed by atoms with Crippen LogP contribution in [-0.4, -0.2) is 16.3 Å². The molecule has 20 heavy (non-hydrogen) atoms. The highest BCUT2D eigenvalue weighted by Crippen LogP contribution is 2.09. The minimum absolute atomic E-state index is 0.684. The molecule has 1 aromatic carbocycles. The molecule has 2 aromatic rings. The Bertz CT molecular complexity index is 514. The Morgan fingerprint density at radius 2 is 1.95 bits per heavy atom. The van der Waals surface area contributed by atoms with Gasteiger partial charge in [0.2, 0.25) is 0 Å². The molecule has 0 atom stereocenters. The number of benzene rings is 1. The standard InChI is InChI=1S/C17H25N3/c1-14(2)11-18-12-17-13-19-20(15(17)3)10-9-16-7-5-4-6-8-16/h4-8,13-14,18H,9-12H2,1-3H3. The molecular formula is C17H25N3. The van der Waals surface area contributed by atoms with Crippen molar-refractivity contribution in [3.63, 3.8) is 0 Å². The van der Waals surface area contributed by atoms with Crippen molar-refractivity contribution in [2.45, 2.75) is 40.3 Å². The van der Waals surface area contributed by atoms with Gasteiger partial charge in [-0.15, -0.1) is 0 Å². The molecular weight excluding hydrogens is 246 g/mol. The highest BCUT2D eigenvalue weighted by Gasteiger charge is 2.06. The van der Waals surface area contributed by atoms with Gasteiger partial charge in [-0.2, -0.15) is 5.10 Å². The minimum atomic E-state index is 0.684. The van der Waals surface area contributed by atoms with Crippen molar-refractivity contribution < 1.29 is 0 Å². The van der Waals surface area contributed by atoms with Crippen LogP contribution in [0.15, 0.2) is 36.5 Å². The average Bonchev–Trinajstić information content (AvgIpc) is 2.79. The van der Waals surface area contributed by atoms with E-state index >= 15 is 0 Å². The van der Waals surface area contributed by atoms with Crippen LogP contribution in [-0.2, 0) is 19.5 Å². The van der Waals surface area contributed by atoms with Crippen LogP contribution in [0.4, 0.5) is 0 Å². The predicted octanol–water partition coefficient (Wildman–Crippen LogP) is 3.18. The van der Waals surface area contributed by atoms with Crippen LogP contribution >= 0.6 is 0 Å². The van der Waals surface area contributed by atoms with Gasteiger partial charge in [0.1, 0.15) is 0 Å². The smallest absolute Gasteiger partial charge is 0.0537 e.